The fourth-order valence-corrected chi connectivity index (χ4v) is 4.61. The van der Waals surface area contributed by atoms with Crippen molar-refractivity contribution in [3.05, 3.63) is 60.2 Å². The lowest BCUT2D eigenvalue weighted by molar-refractivity contribution is 0.102. The molecule has 0 saturated carbocycles. The van der Waals surface area contributed by atoms with Crippen LogP contribution in [0.2, 0.25) is 0 Å². The summed E-state index contributed by atoms with van der Waals surface area (Å²) in [5.74, 6) is 0.312. The second-order valence-corrected chi connectivity index (χ2v) is 8.15. The maximum Gasteiger partial charge on any atom is 0.261 e. The molecular weight excluding hydrogens is 398 g/mol. The zero-order valence-electron chi connectivity index (χ0n) is 16.6. The number of rotatable bonds is 4. The van der Waals surface area contributed by atoms with Gasteiger partial charge in [0.05, 0.1) is 36.1 Å². The molecule has 1 N–H and O–H groups in total. The molecule has 2 heterocycles. The van der Waals surface area contributed by atoms with E-state index in [2.05, 4.69) is 27.3 Å². The van der Waals surface area contributed by atoms with Crippen molar-refractivity contribution in [2.24, 2.45) is 0 Å². The number of morpholine rings is 1. The molecule has 1 aliphatic rings. The average Bonchev–Trinajstić information content (AvgIpc) is 3.20. The molecule has 0 unspecified atom stereocenters. The maximum atomic E-state index is 13.0. The quantitative estimate of drug-likeness (QED) is 0.526. The van der Waals surface area contributed by atoms with Crippen LogP contribution in [0.3, 0.4) is 0 Å². The standard InChI is InChI=1S/C23H21N3O3S/c1-28-20-13-16-5-3-2-4-15(16)12-18(20)22(27)25-23-24-19-7-6-17(14-21(19)30-23)26-8-10-29-11-9-26/h2-7,12-14H,8-11H2,1H3,(H,24,25,27). The highest BCUT2D eigenvalue weighted by Gasteiger charge is 2.17. The van der Waals surface area contributed by atoms with E-state index in [0.717, 1.165) is 53.0 Å². The molecule has 0 aliphatic carbocycles. The van der Waals surface area contributed by atoms with Crippen molar-refractivity contribution in [1.82, 2.24) is 4.98 Å². The summed E-state index contributed by atoms with van der Waals surface area (Å²) in [5.41, 5.74) is 2.52. The first kappa shape index (κ1) is 18.8. The van der Waals surface area contributed by atoms with Gasteiger partial charge in [-0.1, -0.05) is 35.6 Å². The molecule has 4 aromatic rings. The molecule has 0 radical (unpaired) electrons. The van der Waals surface area contributed by atoms with Crippen molar-refractivity contribution in [1.29, 1.82) is 0 Å². The molecule has 0 atom stereocenters. The van der Waals surface area contributed by atoms with Gasteiger partial charge >= 0.3 is 0 Å². The van der Waals surface area contributed by atoms with Crippen LogP contribution < -0.4 is 15.0 Å². The Labute approximate surface area is 178 Å². The zero-order chi connectivity index (χ0) is 20.5. The summed E-state index contributed by atoms with van der Waals surface area (Å²) in [6.45, 7) is 3.26. The van der Waals surface area contributed by atoms with Gasteiger partial charge in [-0.05, 0) is 41.1 Å². The third kappa shape index (κ3) is 3.58. The number of hydrogen-bond acceptors (Lipinski definition) is 6. The number of anilines is 2. The van der Waals surface area contributed by atoms with Crippen molar-refractivity contribution in [2.45, 2.75) is 0 Å². The van der Waals surface area contributed by atoms with Gasteiger partial charge < -0.3 is 14.4 Å². The Balaban J connectivity index is 1.42. The van der Waals surface area contributed by atoms with Gasteiger partial charge in [0, 0.05) is 18.8 Å². The van der Waals surface area contributed by atoms with Crippen LogP contribution in [-0.4, -0.2) is 44.3 Å². The minimum atomic E-state index is -0.231. The van der Waals surface area contributed by atoms with Crippen LogP contribution in [0.5, 0.6) is 5.75 Å². The SMILES string of the molecule is COc1cc2ccccc2cc1C(=O)Nc1nc2ccc(N3CCOCC3)cc2s1. The van der Waals surface area contributed by atoms with Crippen molar-refractivity contribution in [3.63, 3.8) is 0 Å². The van der Waals surface area contributed by atoms with E-state index in [1.165, 1.54) is 11.3 Å². The molecule has 5 rings (SSSR count). The van der Waals surface area contributed by atoms with Crippen molar-refractivity contribution in [2.75, 3.05) is 43.6 Å². The highest BCUT2D eigenvalue weighted by molar-refractivity contribution is 7.22. The third-order valence-electron chi connectivity index (χ3n) is 5.28. The second kappa shape index (κ2) is 7.93. The Morgan fingerprint density at radius 3 is 2.63 bits per heavy atom. The third-order valence-corrected chi connectivity index (χ3v) is 6.21. The first-order chi connectivity index (χ1) is 14.7. The normalized spacial score (nSPS) is 14.2. The highest BCUT2D eigenvalue weighted by atomic mass is 32.1. The van der Waals surface area contributed by atoms with Crippen LogP contribution in [0, 0.1) is 0 Å². The van der Waals surface area contributed by atoms with E-state index < -0.39 is 0 Å². The van der Waals surface area contributed by atoms with Crippen molar-refractivity contribution < 1.29 is 14.3 Å². The molecule has 1 saturated heterocycles. The number of carbonyl (C=O) groups excluding carboxylic acids is 1. The molecule has 0 bridgehead atoms. The van der Waals surface area contributed by atoms with Crippen LogP contribution in [0.25, 0.3) is 21.0 Å². The fraction of sp³-hybridized carbons (Fsp3) is 0.217. The Morgan fingerprint density at radius 1 is 1.10 bits per heavy atom. The largest absolute Gasteiger partial charge is 0.496 e. The second-order valence-electron chi connectivity index (χ2n) is 7.12. The van der Waals surface area contributed by atoms with Gasteiger partial charge in [0.2, 0.25) is 0 Å². The number of carbonyl (C=O) groups is 1. The van der Waals surface area contributed by atoms with Gasteiger partial charge in [-0.2, -0.15) is 0 Å². The van der Waals surface area contributed by atoms with Gasteiger partial charge in [0.25, 0.3) is 5.91 Å². The lowest BCUT2D eigenvalue weighted by atomic mass is 10.1. The summed E-state index contributed by atoms with van der Waals surface area (Å²) in [6, 6.07) is 17.9. The number of fused-ring (bicyclic) bond motifs is 2. The Hall–Kier alpha value is -3.16. The highest BCUT2D eigenvalue weighted by Crippen LogP contribution is 2.32. The van der Waals surface area contributed by atoms with E-state index in [4.69, 9.17) is 9.47 Å². The molecule has 7 heteroatoms. The predicted molar refractivity (Wildman–Crippen MR) is 121 cm³/mol. The van der Waals surface area contributed by atoms with Crippen LogP contribution in [0.4, 0.5) is 10.8 Å². The number of amides is 1. The van der Waals surface area contributed by atoms with Crippen LogP contribution in [0.15, 0.2) is 54.6 Å². The minimum Gasteiger partial charge on any atom is -0.496 e. The molecule has 30 heavy (non-hydrogen) atoms. The molecule has 1 fully saturated rings. The molecule has 6 nitrogen and oxygen atoms in total. The summed E-state index contributed by atoms with van der Waals surface area (Å²) in [4.78, 5) is 19.9. The van der Waals surface area contributed by atoms with Gasteiger partial charge in [-0.25, -0.2) is 4.98 Å². The lowest BCUT2D eigenvalue weighted by Gasteiger charge is -2.28. The first-order valence-corrected chi connectivity index (χ1v) is 10.6. The van der Waals surface area contributed by atoms with E-state index in [1.54, 1.807) is 7.11 Å². The maximum absolute atomic E-state index is 13.0. The fourth-order valence-electron chi connectivity index (χ4n) is 3.72. The van der Waals surface area contributed by atoms with E-state index in [-0.39, 0.29) is 5.91 Å². The van der Waals surface area contributed by atoms with Gasteiger partial charge in [-0.15, -0.1) is 0 Å². The molecule has 1 amide bonds. The number of hydrogen-bond donors (Lipinski definition) is 1. The zero-order valence-corrected chi connectivity index (χ0v) is 17.4. The average molecular weight is 420 g/mol. The smallest absolute Gasteiger partial charge is 0.261 e. The number of nitrogens with one attached hydrogen (secondary N) is 1. The lowest BCUT2D eigenvalue weighted by Crippen LogP contribution is -2.36. The van der Waals surface area contributed by atoms with Gasteiger partial charge in [0.15, 0.2) is 5.13 Å². The Kier molecular flexibility index (Phi) is 4.98. The van der Waals surface area contributed by atoms with Crippen LogP contribution in [0.1, 0.15) is 10.4 Å². The van der Waals surface area contributed by atoms with Gasteiger partial charge in [0.1, 0.15) is 5.75 Å². The molecule has 3 aromatic carbocycles. The number of nitrogens with zero attached hydrogens (tertiary/aromatic N) is 2. The molecular formula is C23H21N3O3S. The monoisotopic (exact) mass is 419 g/mol. The molecule has 1 aromatic heterocycles. The Morgan fingerprint density at radius 2 is 1.87 bits per heavy atom. The van der Waals surface area contributed by atoms with E-state index >= 15 is 0 Å². The van der Waals surface area contributed by atoms with E-state index in [1.807, 2.05) is 42.5 Å². The molecule has 1 aliphatic heterocycles. The number of aromatic nitrogens is 1. The summed E-state index contributed by atoms with van der Waals surface area (Å²) >= 11 is 1.47. The summed E-state index contributed by atoms with van der Waals surface area (Å²) in [7, 11) is 1.58. The van der Waals surface area contributed by atoms with E-state index in [9.17, 15) is 4.79 Å². The Bertz CT molecular complexity index is 1230. The number of methoxy groups -OCH3 is 1. The van der Waals surface area contributed by atoms with Crippen molar-refractivity contribution >= 4 is 49.1 Å². The van der Waals surface area contributed by atoms with E-state index in [0.29, 0.717) is 16.4 Å². The summed E-state index contributed by atoms with van der Waals surface area (Å²) < 4.78 is 11.9. The molecule has 0 spiro atoms. The molecule has 152 valence electrons. The number of benzene rings is 3. The summed E-state index contributed by atoms with van der Waals surface area (Å²) in [6.07, 6.45) is 0. The summed E-state index contributed by atoms with van der Waals surface area (Å²) in [5, 5.41) is 5.53. The number of ether oxygens (including phenoxy) is 2. The first-order valence-electron chi connectivity index (χ1n) is 9.83. The predicted octanol–water partition coefficient (Wildman–Crippen LogP) is 4.55. The van der Waals surface area contributed by atoms with Crippen LogP contribution >= 0.6 is 11.3 Å². The topological polar surface area (TPSA) is 63.7 Å². The number of thiazole rings is 1. The van der Waals surface area contributed by atoms with Gasteiger partial charge in [-0.3, -0.25) is 10.1 Å². The van der Waals surface area contributed by atoms with Crippen molar-refractivity contribution in [3.8, 4) is 5.75 Å². The minimum absolute atomic E-state index is 0.231. The van der Waals surface area contributed by atoms with Crippen LogP contribution in [-0.2, 0) is 4.74 Å².